The summed E-state index contributed by atoms with van der Waals surface area (Å²) in [7, 11) is 2.17. The molecule has 0 radical (unpaired) electrons. The molecule has 0 unspecified atom stereocenters. The van der Waals surface area contributed by atoms with Crippen molar-refractivity contribution in [2.45, 2.75) is 44.4 Å². The lowest BCUT2D eigenvalue weighted by atomic mass is 10.0. The van der Waals surface area contributed by atoms with Gasteiger partial charge in [-0.05, 0) is 52.4 Å². The van der Waals surface area contributed by atoms with Gasteiger partial charge in [0, 0.05) is 18.2 Å². The average Bonchev–Trinajstić information content (AvgIpc) is 3.22. The van der Waals surface area contributed by atoms with Crippen molar-refractivity contribution in [3.63, 3.8) is 0 Å². The first-order chi connectivity index (χ1) is 12.1. The first-order valence-corrected chi connectivity index (χ1v) is 9.13. The Morgan fingerprint density at radius 3 is 2.80 bits per heavy atom. The highest BCUT2D eigenvalue weighted by Gasteiger charge is 2.40. The van der Waals surface area contributed by atoms with E-state index in [4.69, 9.17) is 4.52 Å². The third-order valence-corrected chi connectivity index (χ3v) is 5.48. The molecule has 2 saturated heterocycles. The van der Waals surface area contributed by atoms with Gasteiger partial charge in [-0.2, -0.15) is 4.98 Å². The minimum Gasteiger partial charge on any atom is -0.392 e. The van der Waals surface area contributed by atoms with E-state index in [0.717, 1.165) is 31.5 Å². The topological polar surface area (TPSA) is 65.6 Å². The van der Waals surface area contributed by atoms with Gasteiger partial charge in [0.05, 0.1) is 12.1 Å². The number of piperidine rings is 1. The first-order valence-electron chi connectivity index (χ1n) is 9.13. The fourth-order valence-corrected chi connectivity index (χ4v) is 4.08. The van der Waals surface area contributed by atoms with Gasteiger partial charge in [0.15, 0.2) is 0 Å². The van der Waals surface area contributed by atoms with Gasteiger partial charge in [-0.25, -0.2) is 0 Å². The molecule has 3 heterocycles. The monoisotopic (exact) mass is 342 g/mol. The molecule has 6 heteroatoms. The predicted molar refractivity (Wildman–Crippen MR) is 95.1 cm³/mol. The molecule has 2 atom stereocenters. The maximum absolute atomic E-state index is 10.2. The molecule has 1 aromatic heterocycles. The minimum absolute atomic E-state index is 0.0227. The summed E-state index contributed by atoms with van der Waals surface area (Å²) in [6.45, 7) is 4.95. The van der Waals surface area contributed by atoms with E-state index >= 15 is 0 Å². The summed E-state index contributed by atoms with van der Waals surface area (Å²) in [5, 5.41) is 14.4. The fourth-order valence-electron chi connectivity index (χ4n) is 4.08. The van der Waals surface area contributed by atoms with Crippen molar-refractivity contribution in [1.82, 2.24) is 19.9 Å². The second-order valence-electron chi connectivity index (χ2n) is 7.46. The summed E-state index contributed by atoms with van der Waals surface area (Å²) in [6, 6.07) is 8.62. The van der Waals surface area contributed by atoms with E-state index in [2.05, 4.69) is 46.0 Å². The van der Waals surface area contributed by atoms with Crippen molar-refractivity contribution >= 4 is 0 Å². The van der Waals surface area contributed by atoms with Crippen LogP contribution < -0.4 is 0 Å². The number of aliphatic hydroxyl groups is 1. The average molecular weight is 342 g/mol. The number of aliphatic hydroxyl groups excluding tert-OH is 1. The number of hydrogen-bond donors (Lipinski definition) is 1. The smallest absolute Gasteiger partial charge is 0.244 e. The maximum Gasteiger partial charge on any atom is 0.244 e. The Hall–Kier alpha value is -1.76. The summed E-state index contributed by atoms with van der Waals surface area (Å²) >= 11 is 0. The molecule has 6 nitrogen and oxygen atoms in total. The van der Waals surface area contributed by atoms with E-state index < -0.39 is 0 Å². The number of aryl methyl sites for hydroxylation is 1. The number of aromatic nitrogens is 2. The van der Waals surface area contributed by atoms with Crippen LogP contribution in [-0.4, -0.2) is 63.9 Å². The largest absolute Gasteiger partial charge is 0.392 e. The number of benzene rings is 1. The molecule has 0 saturated carbocycles. The lowest BCUT2D eigenvalue weighted by molar-refractivity contribution is 0.0881. The molecule has 2 aliphatic heterocycles. The van der Waals surface area contributed by atoms with Gasteiger partial charge in [-0.3, -0.25) is 4.90 Å². The van der Waals surface area contributed by atoms with Gasteiger partial charge < -0.3 is 14.5 Å². The SMILES string of the molecule is Cc1cccc(-c2noc([C@@H]3C[C@@H](O)CN3C3CCN(C)CC3)n2)c1. The molecule has 1 N–H and O–H groups in total. The van der Waals surface area contributed by atoms with E-state index in [9.17, 15) is 5.11 Å². The highest BCUT2D eigenvalue weighted by atomic mass is 16.5. The van der Waals surface area contributed by atoms with Crippen LogP contribution in [0.1, 0.15) is 36.8 Å². The highest BCUT2D eigenvalue weighted by Crippen LogP contribution is 2.36. The fraction of sp³-hybridized carbons (Fsp3) is 0.579. The zero-order chi connectivity index (χ0) is 17.4. The molecule has 134 valence electrons. The minimum atomic E-state index is -0.320. The van der Waals surface area contributed by atoms with Crippen LogP contribution in [0.2, 0.25) is 0 Å². The second kappa shape index (κ2) is 6.86. The molecule has 2 aliphatic rings. The molecular formula is C19H26N4O2. The summed E-state index contributed by atoms with van der Waals surface area (Å²) < 4.78 is 5.61. The second-order valence-corrected chi connectivity index (χ2v) is 7.46. The molecule has 2 aromatic rings. The number of β-amino-alcohol motifs (C(OH)–C–C–N with tert-alkyl or cyclic N) is 1. The normalized spacial score (nSPS) is 26.4. The number of rotatable bonds is 3. The van der Waals surface area contributed by atoms with E-state index in [1.807, 2.05) is 12.1 Å². The lowest BCUT2D eigenvalue weighted by Gasteiger charge is -2.37. The van der Waals surface area contributed by atoms with Gasteiger partial charge in [-0.1, -0.05) is 28.9 Å². The molecule has 25 heavy (non-hydrogen) atoms. The molecule has 0 amide bonds. The Labute approximate surface area is 148 Å². The Bertz CT molecular complexity index is 724. The zero-order valence-electron chi connectivity index (χ0n) is 14.9. The molecule has 2 fully saturated rings. The van der Waals surface area contributed by atoms with Crippen LogP contribution in [0, 0.1) is 6.92 Å². The van der Waals surface area contributed by atoms with Crippen molar-refractivity contribution in [1.29, 1.82) is 0 Å². The predicted octanol–water partition coefficient (Wildman–Crippen LogP) is 2.25. The van der Waals surface area contributed by atoms with Crippen molar-refractivity contribution in [3.05, 3.63) is 35.7 Å². The summed E-state index contributed by atoms with van der Waals surface area (Å²) in [6.07, 6.45) is 2.60. The molecule has 4 rings (SSSR count). The summed E-state index contributed by atoms with van der Waals surface area (Å²) in [5.41, 5.74) is 2.15. The van der Waals surface area contributed by atoms with Crippen molar-refractivity contribution < 1.29 is 9.63 Å². The van der Waals surface area contributed by atoms with Crippen molar-refractivity contribution in [3.8, 4) is 11.4 Å². The van der Waals surface area contributed by atoms with E-state index in [1.165, 1.54) is 5.56 Å². The molecule has 0 spiro atoms. The van der Waals surface area contributed by atoms with Crippen LogP contribution in [0.5, 0.6) is 0 Å². The summed E-state index contributed by atoms with van der Waals surface area (Å²) in [4.78, 5) is 9.40. The van der Waals surface area contributed by atoms with Gasteiger partial charge in [0.25, 0.3) is 0 Å². The van der Waals surface area contributed by atoms with E-state index in [1.54, 1.807) is 0 Å². The Kier molecular flexibility index (Phi) is 4.58. The van der Waals surface area contributed by atoms with Crippen LogP contribution in [0.3, 0.4) is 0 Å². The Balaban J connectivity index is 1.55. The van der Waals surface area contributed by atoms with Crippen LogP contribution in [0.4, 0.5) is 0 Å². The maximum atomic E-state index is 10.2. The highest BCUT2D eigenvalue weighted by molar-refractivity contribution is 5.55. The van der Waals surface area contributed by atoms with Gasteiger partial charge in [0.1, 0.15) is 0 Å². The first kappa shape index (κ1) is 16.7. The molecule has 0 aliphatic carbocycles. The third-order valence-electron chi connectivity index (χ3n) is 5.48. The van der Waals surface area contributed by atoms with Gasteiger partial charge in [0.2, 0.25) is 11.7 Å². The van der Waals surface area contributed by atoms with Crippen molar-refractivity contribution in [2.24, 2.45) is 0 Å². The standard InChI is InChI=1S/C19H26N4O2/c1-13-4-3-5-14(10-13)18-20-19(25-21-18)17-11-16(24)12-23(17)15-6-8-22(2)9-7-15/h3-5,10,15-17,24H,6-9,11-12H2,1-2H3/t16-,17+/m1/s1. The Morgan fingerprint density at radius 1 is 1.24 bits per heavy atom. The number of hydrogen-bond acceptors (Lipinski definition) is 6. The van der Waals surface area contributed by atoms with Crippen LogP contribution in [-0.2, 0) is 0 Å². The quantitative estimate of drug-likeness (QED) is 0.923. The van der Waals surface area contributed by atoms with E-state index in [0.29, 0.717) is 30.7 Å². The van der Waals surface area contributed by atoms with E-state index in [-0.39, 0.29) is 12.1 Å². The van der Waals surface area contributed by atoms with Crippen LogP contribution in [0.15, 0.2) is 28.8 Å². The zero-order valence-corrected chi connectivity index (χ0v) is 14.9. The molecular weight excluding hydrogens is 316 g/mol. The van der Waals surface area contributed by atoms with Crippen molar-refractivity contribution in [2.75, 3.05) is 26.7 Å². The molecule has 0 bridgehead atoms. The lowest BCUT2D eigenvalue weighted by Crippen LogP contribution is -2.43. The van der Waals surface area contributed by atoms with Crippen LogP contribution in [0.25, 0.3) is 11.4 Å². The molecule has 1 aromatic carbocycles. The van der Waals surface area contributed by atoms with Gasteiger partial charge in [-0.15, -0.1) is 0 Å². The van der Waals surface area contributed by atoms with Gasteiger partial charge >= 0.3 is 0 Å². The summed E-state index contributed by atoms with van der Waals surface area (Å²) in [5.74, 6) is 1.26. The Morgan fingerprint density at radius 2 is 2.04 bits per heavy atom. The van der Waals surface area contributed by atoms with Crippen LogP contribution >= 0.6 is 0 Å². The number of nitrogens with zero attached hydrogens (tertiary/aromatic N) is 4. The third kappa shape index (κ3) is 3.47. The number of likely N-dealkylation sites (tertiary alicyclic amines) is 2.